The van der Waals surface area contributed by atoms with Crippen LogP contribution >= 0.6 is 0 Å². The fraction of sp³-hybridized carbons (Fsp3) is 0.231. The van der Waals surface area contributed by atoms with Gasteiger partial charge < -0.3 is 4.57 Å². The first-order valence-corrected chi connectivity index (χ1v) is 7.31. The Morgan fingerprint density at radius 1 is 0.944 bits per heavy atom. The van der Waals surface area contributed by atoms with Gasteiger partial charge in [0.1, 0.15) is 0 Å². The fourth-order valence-electron chi connectivity index (χ4n) is 2.24. The normalized spacial score (nSPS) is 16.4. The monoisotopic (exact) mass is 262 g/mol. The lowest BCUT2D eigenvalue weighted by Gasteiger charge is -2.27. The van der Waals surface area contributed by atoms with Crippen molar-refractivity contribution >= 4 is 10.0 Å². The van der Waals surface area contributed by atoms with Gasteiger partial charge in [-0.15, -0.1) is 0 Å². The Morgan fingerprint density at radius 2 is 1.72 bits per heavy atom. The first-order chi connectivity index (χ1) is 8.68. The third-order valence-corrected chi connectivity index (χ3v) is 5.09. The maximum Gasteiger partial charge on any atom is 0.243 e. The fourth-order valence-corrected chi connectivity index (χ4v) is 3.66. The molecule has 2 heterocycles. The van der Waals surface area contributed by atoms with Crippen LogP contribution in [-0.4, -0.2) is 23.8 Å². The van der Waals surface area contributed by atoms with Crippen LogP contribution in [0.3, 0.4) is 0 Å². The number of rotatable bonds is 2. The van der Waals surface area contributed by atoms with Gasteiger partial charge in [0, 0.05) is 25.0 Å². The molecule has 1 aromatic heterocycles. The van der Waals surface area contributed by atoms with Gasteiger partial charge in [0.15, 0.2) is 0 Å². The average molecular weight is 262 g/mol. The minimum atomic E-state index is -3.36. The molecule has 1 aromatic carbocycles. The molecule has 0 N–H and O–H groups in total. The summed E-state index contributed by atoms with van der Waals surface area (Å²) in [5, 5.41) is 0. The topological polar surface area (TPSA) is 42.3 Å². The largest absolute Gasteiger partial charge is 0.349 e. The minimum Gasteiger partial charge on any atom is -0.349 e. The summed E-state index contributed by atoms with van der Waals surface area (Å²) in [6, 6.07) is 12.5. The molecule has 0 fully saturated rings. The van der Waals surface area contributed by atoms with Gasteiger partial charge in [0.25, 0.3) is 0 Å². The van der Waals surface area contributed by atoms with Crippen molar-refractivity contribution in [1.82, 2.24) is 8.87 Å². The zero-order valence-electron chi connectivity index (χ0n) is 9.86. The summed E-state index contributed by atoms with van der Waals surface area (Å²) in [7, 11) is -3.36. The molecule has 94 valence electrons. The van der Waals surface area contributed by atoms with Crippen molar-refractivity contribution in [1.29, 1.82) is 0 Å². The highest BCUT2D eigenvalue weighted by atomic mass is 32.2. The molecule has 0 spiro atoms. The van der Waals surface area contributed by atoms with E-state index in [1.54, 1.807) is 24.3 Å². The summed E-state index contributed by atoms with van der Waals surface area (Å²) >= 11 is 0. The molecule has 4 nitrogen and oxygen atoms in total. The van der Waals surface area contributed by atoms with E-state index in [1.807, 2.05) is 24.4 Å². The molecule has 1 aliphatic rings. The van der Waals surface area contributed by atoms with Crippen molar-refractivity contribution in [3.05, 3.63) is 54.4 Å². The molecule has 5 heteroatoms. The molecule has 0 aliphatic carbocycles. The van der Waals surface area contributed by atoms with Gasteiger partial charge in [-0.3, -0.25) is 0 Å². The first kappa shape index (κ1) is 11.5. The lowest BCUT2D eigenvalue weighted by molar-refractivity contribution is 0.341. The van der Waals surface area contributed by atoms with E-state index in [1.165, 1.54) is 4.31 Å². The number of aromatic nitrogens is 1. The van der Waals surface area contributed by atoms with Crippen LogP contribution in [0.25, 0.3) is 0 Å². The maximum atomic E-state index is 12.4. The molecular weight excluding hydrogens is 248 g/mol. The Bertz CT molecular complexity index is 647. The zero-order valence-corrected chi connectivity index (χ0v) is 10.7. The summed E-state index contributed by atoms with van der Waals surface area (Å²) in [6.45, 7) is 1.69. The highest BCUT2D eigenvalue weighted by molar-refractivity contribution is 7.89. The Balaban J connectivity index is 1.93. The van der Waals surface area contributed by atoms with E-state index >= 15 is 0 Å². The number of hydrogen-bond acceptors (Lipinski definition) is 2. The van der Waals surface area contributed by atoms with Crippen LogP contribution in [0.1, 0.15) is 5.69 Å². The summed E-state index contributed by atoms with van der Waals surface area (Å²) in [4.78, 5) is 0.366. The van der Waals surface area contributed by atoms with Crippen molar-refractivity contribution < 1.29 is 8.42 Å². The molecule has 0 saturated heterocycles. The number of benzene rings is 1. The number of fused-ring (bicyclic) bond motifs is 1. The van der Waals surface area contributed by atoms with E-state index in [-0.39, 0.29) is 0 Å². The number of sulfonamides is 1. The van der Waals surface area contributed by atoms with Gasteiger partial charge in [0.05, 0.1) is 11.4 Å². The van der Waals surface area contributed by atoms with Crippen molar-refractivity contribution in [3.63, 3.8) is 0 Å². The minimum absolute atomic E-state index is 0.366. The molecule has 0 amide bonds. The molecule has 3 rings (SSSR count). The van der Waals surface area contributed by atoms with Crippen LogP contribution in [0.4, 0.5) is 0 Å². The second kappa shape index (κ2) is 4.26. The Labute approximate surface area is 107 Å². The smallest absolute Gasteiger partial charge is 0.243 e. The molecular formula is C13H14N2O2S. The van der Waals surface area contributed by atoms with Gasteiger partial charge in [-0.25, -0.2) is 8.42 Å². The highest BCUT2D eigenvalue weighted by Crippen LogP contribution is 2.21. The SMILES string of the molecule is O=S(=O)(c1ccccc1)N1CCn2cccc2C1. The van der Waals surface area contributed by atoms with E-state index in [2.05, 4.69) is 4.57 Å². The molecule has 1 aliphatic heterocycles. The Morgan fingerprint density at radius 3 is 2.50 bits per heavy atom. The summed E-state index contributed by atoms with van der Waals surface area (Å²) in [5.74, 6) is 0. The average Bonchev–Trinajstić information content (AvgIpc) is 2.87. The van der Waals surface area contributed by atoms with Gasteiger partial charge in [-0.2, -0.15) is 4.31 Å². The van der Waals surface area contributed by atoms with Crippen LogP contribution in [0.15, 0.2) is 53.6 Å². The summed E-state index contributed by atoms with van der Waals surface area (Å²) in [6.07, 6.45) is 1.99. The van der Waals surface area contributed by atoms with E-state index in [0.717, 1.165) is 5.69 Å². The van der Waals surface area contributed by atoms with Crippen molar-refractivity contribution in [2.45, 2.75) is 18.0 Å². The van der Waals surface area contributed by atoms with E-state index in [9.17, 15) is 8.42 Å². The standard InChI is InChI=1S/C13H14N2O2S/c16-18(17,13-6-2-1-3-7-13)15-10-9-14-8-4-5-12(14)11-15/h1-8H,9-11H2. The number of hydrogen-bond donors (Lipinski definition) is 0. The molecule has 0 radical (unpaired) electrons. The predicted octanol–water partition coefficient (Wildman–Crippen LogP) is 1.69. The lowest BCUT2D eigenvalue weighted by Crippen LogP contribution is -2.37. The number of nitrogens with zero attached hydrogens (tertiary/aromatic N) is 2. The second-order valence-electron chi connectivity index (χ2n) is 4.34. The van der Waals surface area contributed by atoms with Crippen LogP contribution in [0, 0.1) is 0 Å². The lowest BCUT2D eigenvalue weighted by atomic mass is 10.3. The highest BCUT2D eigenvalue weighted by Gasteiger charge is 2.27. The zero-order chi connectivity index (χ0) is 12.6. The summed E-state index contributed by atoms with van der Waals surface area (Å²) < 4.78 is 28.5. The van der Waals surface area contributed by atoms with Crippen LogP contribution in [0.5, 0.6) is 0 Å². The van der Waals surface area contributed by atoms with Crippen molar-refractivity contribution in [2.24, 2.45) is 0 Å². The third kappa shape index (κ3) is 1.85. The van der Waals surface area contributed by atoms with Crippen LogP contribution in [0.2, 0.25) is 0 Å². The quantitative estimate of drug-likeness (QED) is 0.826. The molecule has 18 heavy (non-hydrogen) atoms. The summed E-state index contributed by atoms with van der Waals surface area (Å²) in [5.41, 5.74) is 1.04. The predicted molar refractivity (Wildman–Crippen MR) is 68.5 cm³/mol. The first-order valence-electron chi connectivity index (χ1n) is 5.87. The maximum absolute atomic E-state index is 12.4. The van der Waals surface area contributed by atoms with E-state index < -0.39 is 10.0 Å². The Kier molecular flexibility index (Phi) is 2.72. The molecule has 0 bridgehead atoms. The van der Waals surface area contributed by atoms with Crippen LogP contribution < -0.4 is 0 Å². The van der Waals surface area contributed by atoms with Gasteiger partial charge in [-0.1, -0.05) is 18.2 Å². The van der Waals surface area contributed by atoms with Gasteiger partial charge in [-0.05, 0) is 24.3 Å². The van der Waals surface area contributed by atoms with Gasteiger partial charge in [0.2, 0.25) is 10.0 Å². The van der Waals surface area contributed by atoms with Gasteiger partial charge >= 0.3 is 0 Å². The van der Waals surface area contributed by atoms with E-state index in [0.29, 0.717) is 24.5 Å². The van der Waals surface area contributed by atoms with Crippen LogP contribution in [-0.2, 0) is 23.1 Å². The molecule has 0 saturated carbocycles. The van der Waals surface area contributed by atoms with Crippen molar-refractivity contribution in [3.8, 4) is 0 Å². The second-order valence-corrected chi connectivity index (χ2v) is 6.28. The third-order valence-electron chi connectivity index (χ3n) is 3.23. The molecule has 0 atom stereocenters. The Hall–Kier alpha value is -1.59. The molecule has 2 aromatic rings. The van der Waals surface area contributed by atoms with Crippen molar-refractivity contribution in [2.75, 3.05) is 6.54 Å². The van der Waals surface area contributed by atoms with E-state index in [4.69, 9.17) is 0 Å². The molecule has 0 unspecified atom stereocenters.